The molecular weight excluding hydrogens is 564 g/mol. The normalized spacial score (nSPS) is 12.3. The maximum Gasteiger partial charge on any atom is 1.00 e. The van der Waals surface area contributed by atoms with Crippen molar-refractivity contribution in [2.45, 2.75) is 182 Å². The summed E-state index contributed by atoms with van der Waals surface area (Å²) in [5.41, 5.74) is 0. The number of hydrogen-bond acceptors (Lipinski definition) is 5. The zero-order chi connectivity index (χ0) is 28.7. The molecular formula is C32H66Na3O5P. The number of ether oxygens (including phenoxy) is 1. The van der Waals surface area contributed by atoms with Gasteiger partial charge in [-0.25, -0.2) is 0 Å². The van der Waals surface area contributed by atoms with Crippen molar-refractivity contribution >= 4 is 7.82 Å². The van der Waals surface area contributed by atoms with E-state index in [1.165, 1.54) is 154 Å². The second-order valence-electron chi connectivity index (χ2n) is 11.5. The summed E-state index contributed by atoms with van der Waals surface area (Å²) in [4.78, 5) is 25.6. The number of rotatable bonds is 28. The van der Waals surface area contributed by atoms with Gasteiger partial charge in [0.2, 0.25) is 0 Å². The van der Waals surface area contributed by atoms with Crippen LogP contribution in [0.1, 0.15) is 182 Å². The molecule has 0 aromatic rings. The largest absolute Gasteiger partial charge is 1.00 e. The monoisotopic (exact) mass is 630 g/mol. The molecule has 2 unspecified atom stereocenters. The summed E-state index contributed by atoms with van der Waals surface area (Å²) >= 11 is 0. The molecule has 0 bridgehead atoms. The van der Waals surface area contributed by atoms with E-state index in [0.29, 0.717) is 0 Å². The first-order valence-corrected chi connectivity index (χ1v) is 18.0. The van der Waals surface area contributed by atoms with Gasteiger partial charge >= 0.3 is 88.7 Å². The Hall–Kier alpha value is 3.07. The molecule has 0 N–H and O–H groups in total. The third-order valence-corrected chi connectivity index (χ3v) is 7.57. The van der Waals surface area contributed by atoms with E-state index in [9.17, 15) is 0 Å². The van der Waals surface area contributed by atoms with Crippen molar-refractivity contribution in [3.05, 3.63) is 0 Å². The average molecular weight is 631 g/mol. The van der Waals surface area contributed by atoms with E-state index < -0.39 is 7.82 Å². The topological polar surface area (TPSA) is 95.5 Å². The van der Waals surface area contributed by atoms with Gasteiger partial charge in [-0.3, -0.25) is 0 Å². The van der Waals surface area contributed by atoms with Crippen LogP contribution in [-0.2, 0) is 9.30 Å². The number of unbranched alkanes of at least 4 members (excludes halogenated alkanes) is 16. The van der Waals surface area contributed by atoms with Crippen LogP contribution in [0.25, 0.3) is 0 Å². The van der Waals surface area contributed by atoms with Gasteiger partial charge in [-0.2, -0.15) is 7.82 Å². The Bertz CT molecular complexity index is 458. The first-order valence-electron chi connectivity index (χ1n) is 16.6. The predicted octanol–water partition coefficient (Wildman–Crippen LogP) is -0.135. The summed E-state index contributed by atoms with van der Waals surface area (Å²) in [5, 5.41) is 0. The molecule has 232 valence electrons. The van der Waals surface area contributed by atoms with Crippen molar-refractivity contribution in [2.75, 3.05) is 13.2 Å². The van der Waals surface area contributed by atoms with Gasteiger partial charge in [-0.05, 0) is 37.5 Å². The Morgan fingerprint density at radius 2 is 0.634 bits per heavy atom. The van der Waals surface area contributed by atoms with Gasteiger partial charge in [0.05, 0.1) is 0 Å². The van der Waals surface area contributed by atoms with Crippen LogP contribution in [-0.4, -0.2) is 13.2 Å². The molecule has 0 heterocycles. The standard InChI is InChI=1S/C32H66O.3Na.H3O4P/c1-5-9-13-17-19-23-27-31(25-21-15-11-7-3)29-33-30-32(26-22-16-12-8-4)28-24-20-18-14-10-6-2;;;;1-5(2,3)4/h31-32H,5-30H2,1-4H3;;;;(H3,1,2,3,4)/q;3*+1;/p-3. The molecule has 9 heteroatoms. The van der Waals surface area contributed by atoms with Crippen LogP contribution in [0.4, 0.5) is 0 Å². The molecule has 0 rings (SSSR count). The fourth-order valence-electron chi connectivity index (χ4n) is 5.17. The average Bonchev–Trinajstić information content (AvgIpc) is 2.86. The molecule has 0 spiro atoms. The molecule has 41 heavy (non-hydrogen) atoms. The molecule has 0 aliphatic heterocycles. The Morgan fingerprint density at radius 1 is 0.439 bits per heavy atom. The van der Waals surface area contributed by atoms with E-state index in [-0.39, 0.29) is 88.7 Å². The zero-order valence-corrected chi connectivity index (χ0v) is 35.9. The summed E-state index contributed by atoms with van der Waals surface area (Å²) < 4.78 is 15.0. The van der Waals surface area contributed by atoms with Crippen molar-refractivity contribution in [3.63, 3.8) is 0 Å². The van der Waals surface area contributed by atoms with Crippen LogP contribution in [0.15, 0.2) is 0 Å². The van der Waals surface area contributed by atoms with E-state index >= 15 is 0 Å². The van der Waals surface area contributed by atoms with Gasteiger partial charge < -0.3 is 24.0 Å². The molecule has 0 fully saturated rings. The van der Waals surface area contributed by atoms with E-state index in [1.54, 1.807) is 0 Å². The zero-order valence-electron chi connectivity index (χ0n) is 29.0. The molecule has 2 atom stereocenters. The molecule has 0 aromatic heterocycles. The van der Waals surface area contributed by atoms with Crippen LogP contribution in [0.2, 0.25) is 0 Å². The van der Waals surface area contributed by atoms with Gasteiger partial charge in [0.25, 0.3) is 0 Å². The Morgan fingerprint density at radius 3 is 0.878 bits per heavy atom. The van der Waals surface area contributed by atoms with Gasteiger partial charge in [-0.1, -0.05) is 156 Å². The molecule has 0 aliphatic rings. The molecule has 0 saturated heterocycles. The van der Waals surface area contributed by atoms with Crippen molar-refractivity contribution in [2.24, 2.45) is 11.8 Å². The van der Waals surface area contributed by atoms with Crippen molar-refractivity contribution in [3.8, 4) is 0 Å². The third-order valence-electron chi connectivity index (χ3n) is 7.57. The maximum atomic E-state index is 8.55. The van der Waals surface area contributed by atoms with Gasteiger partial charge in [0.15, 0.2) is 0 Å². The smallest absolute Gasteiger partial charge is 0.822 e. The van der Waals surface area contributed by atoms with Gasteiger partial charge in [0, 0.05) is 13.2 Å². The first-order chi connectivity index (χ1) is 18.3. The molecule has 0 radical (unpaired) electrons. The van der Waals surface area contributed by atoms with E-state index in [1.807, 2.05) is 0 Å². The van der Waals surface area contributed by atoms with Crippen LogP contribution < -0.4 is 103 Å². The van der Waals surface area contributed by atoms with Crippen molar-refractivity contribution < 1.29 is 113 Å². The van der Waals surface area contributed by atoms with Crippen LogP contribution in [0.5, 0.6) is 0 Å². The van der Waals surface area contributed by atoms with Crippen molar-refractivity contribution in [1.29, 1.82) is 0 Å². The Kier molecular flexibility index (Phi) is 56.3. The third kappa shape index (κ3) is 52.9. The summed E-state index contributed by atoms with van der Waals surface area (Å²) in [6.45, 7) is 11.3. The fraction of sp³-hybridized carbons (Fsp3) is 1.00. The summed E-state index contributed by atoms with van der Waals surface area (Å²) in [7, 11) is -5.39. The molecule has 0 aromatic carbocycles. The molecule has 5 nitrogen and oxygen atoms in total. The van der Waals surface area contributed by atoms with E-state index in [4.69, 9.17) is 24.0 Å². The van der Waals surface area contributed by atoms with Crippen LogP contribution >= 0.6 is 7.82 Å². The predicted molar refractivity (Wildman–Crippen MR) is 159 cm³/mol. The molecule has 0 aliphatic carbocycles. The number of phosphoric acid groups is 1. The first kappa shape index (κ1) is 53.6. The minimum Gasteiger partial charge on any atom is -0.822 e. The van der Waals surface area contributed by atoms with Gasteiger partial charge in [0.1, 0.15) is 0 Å². The SMILES string of the molecule is CCCCCCCCC(CCCCCC)COCC(CCCCCC)CCCCCCCC.O=P([O-])([O-])[O-].[Na+].[Na+].[Na+]. The quantitative estimate of drug-likeness (QED) is 0.0682. The number of hydrogen-bond donors (Lipinski definition) is 0. The fourth-order valence-corrected chi connectivity index (χ4v) is 5.17. The second-order valence-corrected chi connectivity index (χ2v) is 12.4. The van der Waals surface area contributed by atoms with Crippen molar-refractivity contribution in [1.82, 2.24) is 0 Å². The summed E-state index contributed by atoms with van der Waals surface area (Å²) in [6, 6.07) is 0. The van der Waals surface area contributed by atoms with Gasteiger partial charge in [-0.15, -0.1) is 0 Å². The molecule has 0 saturated carbocycles. The summed E-state index contributed by atoms with van der Waals surface area (Å²) in [6.07, 6.45) is 33.8. The minimum absolute atomic E-state index is 0. The maximum absolute atomic E-state index is 8.55. The van der Waals surface area contributed by atoms with E-state index in [2.05, 4.69) is 27.7 Å². The van der Waals surface area contributed by atoms with E-state index in [0.717, 1.165) is 25.0 Å². The summed E-state index contributed by atoms with van der Waals surface area (Å²) in [5.74, 6) is 1.62. The Balaban J connectivity index is -0.000000493. The molecule has 0 amide bonds. The van der Waals surface area contributed by atoms with Crippen LogP contribution in [0, 0.1) is 11.8 Å². The second kappa shape index (κ2) is 43.1. The minimum atomic E-state index is -5.39. The Labute approximate surface area is 323 Å². The van der Waals surface area contributed by atoms with Crippen LogP contribution in [0.3, 0.4) is 0 Å².